The third-order valence-corrected chi connectivity index (χ3v) is 7.19. The minimum absolute atomic E-state index is 0.0701. The van der Waals surface area contributed by atoms with Crippen LogP contribution in [0.5, 0.6) is 0 Å². The summed E-state index contributed by atoms with van der Waals surface area (Å²) in [6.07, 6.45) is 0. The van der Waals surface area contributed by atoms with Crippen molar-refractivity contribution in [2.24, 2.45) is 7.05 Å². The molecule has 0 bridgehead atoms. The molecule has 7 rings (SSSR count). The number of imidazole rings is 1. The zero-order valence-electron chi connectivity index (χ0n) is 20.7. The van der Waals surface area contributed by atoms with Gasteiger partial charge in [-0.15, -0.1) is 0 Å². The van der Waals surface area contributed by atoms with E-state index in [1.807, 2.05) is 56.4 Å². The van der Waals surface area contributed by atoms with Gasteiger partial charge in [0.1, 0.15) is 17.1 Å². The van der Waals surface area contributed by atoms with Crippen molar-refractivity contribution in [3.05, 3.63) is 114 Å². The van der Waals surface area contributed by atoms with Gasteiger partial charge in [0, 0.05) is 5.56 Å². The second-order valence-corrected chi connectivity index (χ2v) is 9.43. The van der Waals surface area contributed by atoms with Gasteiger partial charge in [0.25, 0.3) is 5.82 Å². The van der Waals surface area contributed by atoms with E-state index >= 15 is 4.39 Å². The highest BCUT2D eigenvalue weighted by molar-refractivity contribution is 6.09. The maximum Gasteiger partial charge on any atom is 0.299 e. The quantitative estimate of drug-likeness (QED) is 0.184. The molecule has 7 aromatic rings. The number of hydrogen-bond acceptors (Lipinski definition) is 2. The molecule has 6 heteroatoms. The third kappa shape index (κ3) is 3.20. The molecule has 0 saturated carbocycles. The Bertz CT molecular complexity index is 2020. The number of furan rings is 1. The van der Waals surface area contributed by atoms with E-state index in [2.05, 4.69) is 50.5 Å². The summed E-state index contributed by atoms with van der Waals surface area (Å²) in [6.45, 7) is 1.87. The molecule has 0 saturated heterocycles. The first-order chi connectivity index (χ1) is 18.5. The second-order valence-electron chi connectivity index (χ2n) is 9.43. The van der Waals surface area contributed by atoms with Crippen LogP contribution in [0.4, 0.5) is 8.78 Å². The molecule has 3 aromatic heterocycles. The molecule has 0 unspecified atom stereocenters. The van der Waals surface area contributed by atoms with Gasteiger partial charge in [0.05, 0.1) is 17.8 Å². The van der Waals surface area contributed by atoms with Gasteiger partial charge in [-0.3, -0.25) is 0 Å². The second kappa shape index (κ2) is 8.35. The summed E-state index contributed by atoms with van der Waals surface area (Å²) in [5.41, 5.74) is 6.94. The molecular formula is C32H22F2N3O+. The van der Waals surface area contributed by atoms with E-state index in [9.17, 15) is 4.39 Å². The van der Waals surface area contributed by atoms with Crippen molar-refractivity contribution in [1.82, 2.24) is 9.55 Å². The molecule has 0 aliphatic carbocycles. The Labute approximate surface area is 217 Å². The van der Waals surface area contributed by atoms with Gasteiger partial charge in [0.2, 0.25) is 11.7 Å². The highest BCUT2D eigenvalue weighted by Crippen LogP contribution is 2.41. The molecule has 184 valence electrons. The first-order valence-electron chi connectivity index (χ1n) is 12.4. The topological polar surface area (TPSA) is 34.8 Å². The summed E-state index contributed by atoms with van der Waals surface area (Å²) >= 11 is 0. The van der Waals surface area contributed by atoms with Crippen molar-refractivity contribution < 1.29 is 17.8 Å². The fourth-order valence-electron chi connectivity index (χ4n) is 5.53. The number of rotatable bonds is 3. The molecule has 0 aliphatic rings. The Morgan fingerprint density at radius 2 is 1.58 bits per heavy atom. The number of halogens is 2. The van der Waals surface area contributed by atoms with Crippen molar-refractivity contribution in [2.75, 3.05) is 0 Å². The number of hydrogen-bond donors (Lipinski definition) is 0. The summed E-state index contributed by atoms with van der Waals surface area (Å²) in [6, 6.07) is 30.9. The van der Waals surface area contributed by atoms with Gasteiger partial charge >= 0.3 is 0 Å². The maximum atomic E-state index is 15.4. The van der Waals surface area contributed by atoms with Gasteiger partial charge in [-0.25, -0.2) is 8.96 Å². The maximum absolute atomic E-state index is 15.4. The number of aryl methyl sites for hydroxylation is 2. The first kappa shape index (κ1) is 22.4. The zero-order chi connectivity index (χ0) is 26.0. The molecule has 0 spiro atoms. The molecule has 0 radical (unpaired) electrons. The molecular weight excluding hydrogens is 480 g/mol. The van der Waals surface area contributed by atoms with E-state index in [0.29, 0.717) is 21.9 Å². The number of para-hydroxylation sites is 3. The lowest BCUT2D eigenvalue weighted by Crippen LogP contribution is -2.30. The minimum atomic E-state index is -0.674. The van der Waals surface area contributed by atoms with Crippen LogP contribution in [0.1, 0.15) is 5.56 Å². The van der Waals surface area contributed by atoms with E-state index in [-0.39, 0.29) is 5.71 Å². The number of fused-ring (bicyclic) bond motifs is 4. The van der Waals surface area contributed by atoms with E-state index in [0.717, 1.165) is 39.2 Å². The lowest BCUT2D eigenvalue weighted by Gasteiger charge is -2.11. The molecule has 0 fully saturated rings. The zero-order valence-corrected chi connectivity index (χ0v) is 20.7. The van der Waals surface area contributed by atoms with E-state index in [1.54, 1.807) is 0 Å². The molecule has 0 aliphatic heterocycles. The highest BCUT2D eigenvalue weighted by atomic mass is 19.1. The van der Waals surface area contributed by atoms with Gasteiger partial charge < -0.3 is 4.42 Å². The van der Waals surface area contributed by atoms with Crippen LogP contribution in [0.2, 0.25) is 0 Å². The molecule has 4 aromatic carbocycles. The van der Waals surface area contributed by atoms with Crippen LogP contribution in [0.25, 0.3) is 61.3 Å². The average Bonchev–Trinajstić information content (AvgIpc) is 3.45. The van der Waals surface area contributed by atoms with Crippen LogP contribution in [-0.2, 0) is 7.05 Å². The minimum Gasteiger partial charge on any atom is -0.437 e. The van der Waals surface area contributed by atoms with Crippen molar-refractivity contribution in [3.63, 3.8) is 0 Å². The molecule has 0 atom stereocenters. The van der Waals surface area contributed by atoms with E-state index < -0.39 is 11.8 Å². The first-order valence-corrected chi connectivity index (χ1v) is 12.4. The van der Waals surface area contributed by atoms with E-state index in [4.69, 9.17) is 4.42 Å². The van der Waals surface area contributed by atoms with Crippen molar-refractivity contribution >= 4 is 33.1 Å². The smallest absolute Gasteiger partial charge is 0.299 e. The molecule has 0 N–H and O–H groups in total. The average molecular weight is 503 g/mol. The van der Waals surface area contributed by atoms with Gasteiger partial charge in [0.15, 0.2) is 16.6 Å². The predicted octanol–water partition coefficient (Wildman–Crippen LogP) is 7.67. The van der Waals surface area contributed by atoms with Crippen LogP contribution in [0.15, 0.2) is 101 Å². The largest absolute Gasteiger partial charge is 0.437 e. The SMILES string of the molecule is Cc1cc(F)c2c(oc3nc(F)ccc32)c1-c1n(-c2ccccc2-c2ccccc2)c2ccccc2[n+]1C. The van der Waals surface area contributed by atoms with Crippen molar-refractivity contribution in [3.8, 4) is 28.2 Å². The standard InChI is InChI=1S/C32H22F2N3O/c1-19-18-23(33)29-22-16-17-27(34)35-31(22)38-30(29)28(19)32-36(2)25-14-8-9-15-26(25)37(32)24-13-7-6-12-21(24)20-10-4-3-5-11-20/h3-18H,1-2H3/q+1. The van der Waals surface area contributed by atoms with Crippen LogP contribution >= 0.6 is 0 Å². The van der Waals surface area contributed by atoms with Crippen LogP contribution < -0.4 is 4.57 Å². The Kier molecular flexibility index (Phi) is 4.91. The Balaban J connectivity index is 1.65. The monoisotopic (exact) mass is 502 g/mol. The van der Waals surface area contributed by atoms with Crippen LogP contribution in [0, 0.1) is 18.7 Å². The van der Waals surface area contributed by atoms with Gasteiger partial charge in [-0.1, -0.05) is 60.7 Å². The number of nitrogens with zero attached hydrogens (tertiary/aromatic N) is 3. The lowest BCUT2D eigenvalue weighted by molar-refractivity contribution is -0.633. The fourth-order valence-corrected chi connectivity index (χ4v) is 5.53. The molecule has 38 heavy (non-hydrogen) atoms. The summed E-state index contributed by atoms with van der Waals surface area (Å²) in [4.78, 5) is 3.90. The van der Waals surface area contributed by atoms with Gasteiger partial charge in [-0.05, 0) is 54.4 Å². The van der Waals surface area contributed by atoms with Crippen LogP contribution in [-0.4, -0.2) is 9.55 Å². The number of aromatic nitrogens is 3. The Morgan fingerprint density at radius 1 is 0.842 bits per heavy atom. The summed E-state index contributed by atoms with van der Waals surface area (Å²) in [5.74, 6) is -0.285. The summed E-state index contributed by atoms with van der Waals surface area (Å²) in [5, 5.41) is 0.733. The third-order valence-electron chi connectivity index (χ3n) is 7.19. The highest BCUT2D eigenvalue weighted by Gasteiger charge is 2.32. The molecule has 4 nitrogen and oxygen atoms in total. The predicted molar refractivity (Wildman–Crippen MR) is 145 cm³/mol. The van der Waals surface area contributed by atoms with Crippen molar-refractivity contribution in [2.45, 2.75) is 6.92 Å². The molecule has 0 amide bonds. The van der Waals surface area contributed by atoms with E-state index in [1.165, 1.54) is 18.2 Å². The fraction of sp³-hybridized carbons (Fsp3) is 0.0625. The lowest BCUT2D eigenvalue weighted by atomic mass is 10.0. The number of benzene rings is 4. The van der Waals surface area contributed by atoms with Crippen LogP contribution in [0.3, 0.4) is 0 Å². The normalized spacial score (nSPS) is 11.7. The Morgan fingerprint density at radius 3 is 2.42 bits per heavy atom. The molecule has 3 heterocycles. The van der Waals surface area contributed by atoms with Gasteiger partial charge in [-0.2, -0.15) is 13.9 Å². The van der Waals surface area contributed by atoms with Crippen molar-refractivity contribution in [1.29, 1.82) is 0 Å². The summed E-state index contributed by atoms with van der Waals surface area (Å²) < 4.78 is 39.8. The Hall–Kier alpha value is -4.84. The summed E-state index contributed by atoms with van der Waals surface area (Å²) in [7, 11) is 1.99. The number of pyridine rings is 1.